The molecule has 18 nitrogen and oxygen atoms in total. The van der Waals surface area contributed by atoms with Gasteiger partial charge in [0, 0.05) is 45.5 Å². The van der Waals surface area contributed by atoms with Crippen molar-refractivity contribution >= 4 is 35.1 Å². The summed E-state index contributed by atoms with van der Waals surface area (Å²) in [6, 6.07) is 18.5. The van der Waals surface area contributed by atoms with Crippen molar-refractivity contribution in [2.45, 2.75) is 58.3 Å². The van der Waals surface area contributed by atoms with Gasteiger partial charge in [-0.3, -0.25) is 39.4 Å². The van der Waals surface area contributed by atoms with E-state index in [4.69, 9.17) is 28.4 Å². The zero-order valence-corrected chi connectivity index (χ0v) is 34.0. The van der Waals surface area contributed by atoms with E-state index in [9.17, 15) is 39.4 Å². The van der Waals surface area contributed by atoms with Gasteiger partial charge in [-0.15, -0.1) is 0 Å². The largest absolute Gasteiger partial charge is 0.493 e. The number of ether oxygens (including phenoxy) is 6. The molecule has 61 heavy (non-hydrogen) atoms. The molecule has 2 unspecified atom stereocenters. The van der Waals surface area contributed by atoms with Crippen LogP contribution in [0, 0.1) is 20.2 Å². The van der Waals surface area contributed by atoms with Crippen LogP contribution in [0.5, 0.6) is 23.0 Å². The number of rotatable bonds is 16. The Morgan fingerprint density at radius 2 is 0.984 bits per heavy atom. The van der Waals surface area contributed by atoms with Crippen molar-refractivity contribution in [3.8, 4) is 23.0 Å². The zero-order valence-electron chi connectivity index (χ0n) is 34.0. The van der Waals surface area contributed by atoms with Crippen molar-refractivity contribution in [2.24, 2.45) is 0 Å². The van der Waals surface area contributed by atoms with Crippen LogP contribution in [0.2, 0.25) is 0 Å². The van der Waals surface area contributed by atoms with Gasteiger partial charge in [-0.05, 0) is 35.1 Å². The number of fused-ring (bicyclic) bond motifs is 2. The minimum absolute atomic E-state index is 0.0189. The summed E-state index contributed by atoms with van der Waals surface area (Å²) in [4.78, 5) is 77.6. The predicted octanol–water partition coefficient (Wildman–Crippen LogP) is 5.63. The third-order valence-electron chi connectivity index (χ3n) is 10.4. The highest BCUT2D eigenvalue weighted by molar-refractivity contribution is 6.00. The van der Waals surface area contributed by atoms with Crippen molar-refractivity contribution in [3.05, 3.63) is 126 Å². The number of carbonyl (C=O) groups is 4. The lowest BCUT2D eigenvalue weighted by molar-refractivity contribution is -0.385. The fourth-order valence-corrected chi connectivity index (χ4v) is 7.40. The molecule has 4 aromatic carbocycles. The van der Waals surface area contributed by atoms with Crippen molar-refractivity contribution in [1.29, 1.82) is 0 Å². The Bertz CT molecular complexity index is 2190. The summed E-state index contributed by atoms with van der Waals surface area (Å²) >= 11 is 0. The monoisotopic (exact) mass is 840 g/mol. The number of esters is 2. The summed E-state index contributed by atoms with van der Waals surface area (Å²) in [5.74, 6) is -2.30. The number of hydrogen-bond acceptors (Lipinski definition) is 14. The number of nitro benzene ring substituents is 2. The summed E-state index contributed by atoms with van der Waals surface area (Å²) < 4.78 is 33.2. The minimum atomic E-state index is -0.695. The molecule has 0 aromatic heterocycles. The van der Waals surface area contributed by atoms with Gasteiger partial charge in [0.25, 0.3) is 23.2 Å². The number of amides is 2. The van der Waals surface area contributed by atoms with Crippen LogP contribution in [-0.4, -0.2) is 96.1 Å². The van der Waals surface area contributed by atoms with Crippen molar-refractivity contribution in [3.63, 3.8) is 0 Å². The first-order valence-electron chi connectivity index (χ1n) is 19.3. The van der Waals surface area contributed by atoms with E-state index in [0.717, 1.165) is 34.4 Å². The molecular formula is C43H44N4O14. The van der Waals surface area contributed by atoms with E-state index in [0.29, 0.717) is 12.8 Å². The molecule has 0 radical (unpaired) electrons. The van der Waals surface area contributed by atoms with Gasteiger partial charge in [0.15, 0.2) is 23.0 Å². The highest BCUT2D eigenvalue weighted by Crippen LogP contribution is 2.39. The van der Waals surface area contributed by atoms with Crippen LogP contribution in [0.25, 0.3) is 0 Å². The van der Waals surface area contributed by atoms with E-state index in [1.165, 1.54) is 50.0 Å². The molecular weight excluding hydrogens is 796 g/mol. The second-order valence-corrected chi connectivity index (χ2v) is 14.3. The van der Waals surface area contributed by atoms with Crippen LogP contribution in [0.1, 0.15) is 63.2 Å². The first-order chi connectivity index (χ1) is 29.3. The van der Waals surface area contributed by atoms with Gasteiger partial charge in [0.05, 0.1) is 61.5 Å². The lowest BCUT2D eigenvalue weighted by atomic mass is 9.93. The summed E-state index contributed by atoms with van der Waals surface area (Å²) in [6.07, 6.45) is 0.919. The Kier molecular flexibility index (Phi) is 13.7. The maximum absolute atomic E-state index is 14.0. The van der Waals surface area contributed by atoms with E-state index in [-0.39, 0.29) is 80.1 Å². The Labute approximate surface area is 350 Å². The molecule has 0 bridgehead atoms. The van der Waals surface area contributed by atoms with E-state index < -0.39 is 57.1 Å². The van der Waals surface area contributed by atoms with Crippen LogP contribution in [0.4, 0.5) is 11.4 Å². The van der Waals surface area contributed by atoms with Crippen LogP contribution in [0.3, 0.4) is 0 Å². The smallest absolute Gasteiger partial charge is 0.302 e. The van der Waals surface area contributed by atoms with Crippen molar-refractivity contribution in [1.82, 2.24) is 9.80 Å². The third kappa shape index (κ3) is 9.97. The van der Waals surface area contributed by atoms with Gasteiger partial charge in [0.2, 0.25) is 0 Å². The Hall–Kier alpha value is -7.24. The van der Waals surface area contributed by atoms with Crippen LogP contribution < -0.4 is 18.9 Å². The van der Waals surface area contributed by atoms with Gasteiger partial charge in [-0.2, -0.15) is 0 Å². The Balaban J connectivity index is 1.15. The molecule has 6 rings (SSSR count). The maximum atomic E-state index is 14.0. The standard InChI is InChI=1S/C43H44N4O14/c1-26(48)60-24-32-16-28-10-5-7-12-30(28)22-44(32)42(50)34-18-38(56-3)40(20-36(34)46(52)53)58-14-9-15-59-41-21-37(47(54)55)35(19-39(41)57-4)43(51)45-23-31-13-8-6-11-29(31)17-33(45)25-61-27(2)49/h5-8,10-13,18-21,32-33H,9,14-17,22-25H2,1-4H3. The molecule has 0 saturated heterocycles. The summed E-state index contributed by atoms with van der Waals surface area (Å²) in [5.41, 5.74) is 2.12. The molecule has 18 heteroatoms. The fraction of sp³-hybridized carbons (Fsp3) is 0.349. The average Bonchev–Trinajstić information content (AvgIpc) is 3.25. The van der Waals surface area contributed by atoms with Crippen LogP contribution in [0.15, 0.2) is 72.8 Å². The fourth-order valence-electron chi connectivity index (χ4n) is 7.40. The first kappa shape index (κ1) is 43.3. The molecule has 0 fully saturated rings. The van der Waals surface area contributed by atoms with Gasteiger partial charge < -0.3 is 38.2 Å². The quantitative estimate of drug-likeness (QED) is 0.0579. The lowest BCUT2D eigenvalue weighted by Gasteiger charge is -2.36. The molecule has 2 aliphatic rings. The van der Waals surface area contributed by atoms with Gasteiger partial charge in [-0.25, -0.2) is 0 Å². The first-order valence-corrected chi connectivity index (χ1v) is 19.3. The Morgan fingerprint density at radius 3 is 1.33 bits per heavy atom. The Morgan fingerprint density at radius 1 is 0.607 bits per heavy atom. The van der Waals surface area contributed by atoms with Gasteiger partial charge in [0.1, 0.15) is 24.3 Å². The molecule has 0 aliphatic carbocycles. The number of carbonyl (C=O) groups excluding carboxylic acids is 4. The van der Waals surface area contributed by atoms with Crippen LogP contribution in [-0.2, 0) is 45.0 Å². The van der Waals surface area contributed by atoms with E-state index >= 15 is 0 Å². The molecule has 0 spiro atoms. The molecule has 2 heterocycles. The molecule has 2 amide bonds. The summed E-state index contributed by atoms with van der Waals surface area (Å²) in [6.45, 7) is 2.47. The van der Waals surface area contributed by atoms with Crippen molar-refractivity contribution < 1.29 is 57.4 Å². The molecule has 0 saturated carbocycles. The van der Waals surface area contributed by atoms with Gasteiger partial charge in [-0.1, -0.05) is 48.5 Å². The maximum Gasteiger partial charge on any atom is 0.302 e. The average molecular weight is 841 g/mol. The number of methoxy groups -OCH3 is 2. The highest BCUT2D eigenvalue weighted by Gasteiger charge is 2.37. The molecule has 4 aromatic rings. The van der Waals surface area contributed by atoms with Gasteiger partial charge >= 0.3 is 11.9 Å². The number of hydrogen-bond donors (Lipinski definition) is 0. The summed E-state index contributed by atoms with van der Waals surface area (Å²) in [7, 11) is 2.65. The van der Waals surface area contributed by atoms with E-state index in [1.807, 2.05) is 48.5 Å². The second kappa shape index (κ2) is 19.2. The lowest BCUT2D eigenvalue weighted by Crippen LogP contribution is -2.47. The number of nitrogens with zero attached hydrogens (tertiary/aromatic N) is 4. The third-order valence-corrected chi connectivity index (χ3v) is 10.4. The second-order valence-electron chi connectivity index (χ2n) is 14.3. The van der Waals surface area contributed by atoms with E-state index in [2.05, 4.69) is 0 Å². The number of benzene rings is 4. The molecule has 2 aliphatic heterocycles. The molecule has 320 valence electrons. The minimum Gasteiger partial charge on any atom is -0.493 e. The van der Waals surface area contributed by atoms with Crippen molar-refractivity contribution in [2.75, 3.05) is 40.6 Å². The number of nitro groups is 2. The topological polar surface area (TPSA) is 216 Å². The van der Waals surface area contributed by atoms with E-state index in [1.54, 1.807) is 0 Å². The normalized spacial score (nSPS) is 15.4. The SMILES string of the molecule is COc1cc(C(=O)N2Cc3ccccc3CC2COC(C)=O)c([N+](=O)[O-])cc1OCCCOc1cc([N+](=O)[O-])c(C(=O)N2Cc3ccccc3CC2COC(C)=O)cc1OC. The zero-order chi connectivity index (χ0) is 43.8. The predicted molar refractivity (Wildman–Crippen MR) is 216 cm³/mol. The molecule has 0 N–H and O–H groups in total. The highest BCUT2D eigenvalue weighted by atomic mass is 16.6. The summed E-state index contributed by atoms with van der Waals surface area (Å²) in [5, 5.41) is 24.7. The molecule has 2 atom stereocenters. The van der Waals surface area contributed by atoms with Crippen LogP contribution >= 0.6 is 0 Å².